The Morgan fingerprint density at radius 3 is 2.82 bits per heavy atom. The smallest absolute Gasteiger partial charge is 0.132 e. The van der Waals surface area contributed by atoms with E-state index >= 15 is 0 Å². The summed E-state index contributed by atoms with van der Waals surface area (Å²) >= 11 is 0. The summed E-state index contributed by atoms with van der Waals surface area (Å²) in [5.41, 5.74) is 9.93. The van der Waals surface area contributed by atoms with Crippen molar-refractivity contribution in [2.45, 2.75) is 27.3 Å². The standard InChI is InChI=1S/C19H32N8O/c1-6-24-19-15(3)16(10-26-19)9-23-12-18(20)25-11-17(21-4)14(2)13-27(22-5)7-8-28/h6,10-11,13,21,23,26,28H,5,7-9,12H2,1-4H3,(H2,20,25)/b14-13+,17-11-,24-6?. The molecule has 1 aromatic heterocycles. The lowest BCUT2D eigenvalue weighted by Gasteiger charge is -2.14. The number of aromatic amines is 1. The summed E-state index contributed by atoms with van der Waals surface area (Å²) < 4.78 is 0. The molecule has 0 aliphatic rings. The predicted molar refractivity (Wildman–Crippen MR) is 117 cm³/mol. The predicted octanol–water partition coefficient (Wildman–Crippen LogP) is 1.37. The summed E-state index contributed by atoms with van der Waals surface area (Å²) in [4.78, 5) is 11.7. The number of likely N-dealkylation sites (N-methyl/N-ethyl adjacent to an activating group) is 1. The molecule has 0 aliphatic carbocycles. The number of hydrogen-bond acceptors (Lipinski definition) is 7. The van der Waals surface area contributed by atoms with Crippen LogP contribution in [0.25, 0.3) is 0 Å². The Morgan fingerprint density at radius 2 is 2.21 bits per heavy atom. The number of aromatic nitrogens is 1. The molecule has 0 atom stereocenters. The molecule has 0 amide bonds. The molecule has 0 unspecified atom stereocenters. The number of nitrogens with one attached hydrogen (secondary N) is 3. The molecule has 154 valence electrons. The van der Waals surface area contributed by atoms with Crippen molar-refractivity contribution in [3.63, 3.8) is 0 Å². The minimum atomic E-state index is -0.00885. The Bertz CT molecular complexity index is 745. The first-order chi connectivity index (χ1) is 13.5. The minimum Gasteiger partial charge on any atom is -0.394 e. The molecule has 0 radical (unpaired) electrons. The number of aliphatic hydroxyl groups is 1. The van der Waals surface area contributed by atoms with Gasteiger partial charge in [0.15, 0.2) is 0 Å². The van der Waals surface area contributed by atoms with Gasteiger partial charge >= 0.3 is 0 Å². The highest BCUT2D eigenvalue weighted by Gasteiger charge is 2.05. The van der Waals surface area contributed by atoms with Crippen molar-refractivity contribution in [3.8, 4) is 0 Å². The fourth-order valence-electron chi connectivity index (χ4n) is 2.42. The lowest BCUT2D eigenvalue weighted by molar-refractivity contribution is 0.241. The fourth-order valence-corrected chi connectivity index (χ4v) is 2.42. The average molecular weight is 389 g/mol. The van der Waals surface area contributed by atoms with E-state index in [9.17, 15) is 0 Å². The molecule has 1 aromatic rings. The monoisotopic (exact) mass is 388 g/mol. The van der Waals surface area contributed by atoms with Crippen LogP contribution < -0.4 is 16.4 Å². The summed E-state index contributed by atoms with van der Waals surface area (Å²) in [6.07, 6.45) is 7.15. The number of H-pyrrole nitrogens is 1. The Balaban J connectivity index is 2.68. The van der Waals surface area contributed by atoms with Crippen LogP contribution in [0, 0.1) is 6.92 Å². The first-order valence-corrected chi connectivity index (χ1v) is 9.06. The van der Waals surface area contributed by atoms with Crippen LogP contribution >= 0.6 is 0 Å². The number of hydrazone groups is 1. The Hall–Kier alpha value is -2.91. The molecule has 0 aromatic carbocycles. The molecule has 0 spiro atoms. The normalized spacial score (nSPS) is 13.2. The summed E-state index contributed by atoms with van der Waals surface area (Å²) in [5.74, 6) is 1.34. The van der Waals surface area contributed by atoms with Gasteiger partial charge in [-0.05, 0) is 37.5 Å². The van der Waals surface area contributed by atoms with E-state index in [-0.39, 0.29) is 6.61 Å². The first kappa shape index (κ1) is 23.1. The van der Waals surface area contributed by atoms with E-state index in [0.717, 1.165) is 28.2 Å². The van der Waals surface area contributed by atoms with Crippen LogP contribution in [0.15, 0.2) is 45.0 Å². The van der Waals surface area contributed by atoms with Crippen LogP contribution in [0.1, 0.15) is 25.0 Å². The zero-order valence-corrected chi connectivity index (χ0v) is 17.2. The number of rotatable bonds is 12. The molecule has 9 nitrogen and oxygen atoms in total. The number of nitrogens with two attached hydrogens (primary N) is 1. The zero-order valence-electron chi connectivity index (χ0n) is 17.2. The number of aliphatic imine (C=N–C) groups is 2. The molecule has 1 heterocycles. The van der Waals surface area contributed by atoms with Crippen molar-refractivity contribution >= 4 is 24.6 Å². The van der Waals surface area contributed by atoms with E-state index < -0.39 is 0 Å². The van der Waals surface area contributed by atoms with Crippen LogP contribution in [0.3, 0.4) is 0 Å². The highest BCUT2D eigenvalue weighted by atomic mass is 16.3. The van der Waals surface area contributed by atoms with Gasteiger partial charge in [0.25, 0.3) is 0 Å². The van der Waals surface area contributed by atoms with Crippen molar-refractivity contribution in [3.05, 3.63) is 41.0 Å². The maximum absolute atomic E-state index is 9.02. The van der Waals surface area contributed by atoms with Gasteiger partial charge in [-0.2, -0.15) is 5.10 Å². The lowest BCUT2D eigenvalue weighted by Crippen LogP contribution is -2.28. The van der Waals surface area contributed by atoms with Crippen LogP contribution in [0.5, 0.6) is 0 Å². The summed E-state index contributed by atoms with van der Waals surface area (Å²) in [6, 6.07) is 0. The second-order valence-electron chi connectivity index (χ2n) is 6.03. The molecule has 6 N–H and O–H groups in total. The highest BCUT2D eigenvalue weighted by Crippen LogP contribution is 2.19. The maximum atomic E-state index is 9.02. The Morgan fingerprint density at radius 1 is 1.46 bits per heavy atom. The van der Waals surface area contributed by atoms with E-state index in [4.69, 9.17) is 10.8 Å². The number of nitrogens with zero attached hydrogens (tertiary/aromatic N) is 4. The van der Waals surface area contributed by atoms with Crippen molar-refractivity contribution in [1.29, 1.82) is 0 Å². The first-order valence-electron chi connectivity index (χ1n) is 9.06. The second-order valence-corrected chi connectivity index (χ2v) is 6.03. The molecular weight excluding hydrogens is 356 g/mol. The average Bonchev–Trinajstić information content (AvgIpc) is 3.02. The van der Waals surface area contributed by atoms with Gasteiger partial charge in [-0.1, -0.05) is 0 Å². The Kier molecular flexibility index (Phi) is 10.3. The quantitative estimate of drug-likeness (QED) is 0.160. The minimum absolute atomic E-state index is 0.00885. The number of allylic oxidation sites excluding steroid dienone is 1. The number of hydrogen-bond donors (Lipinski definition) is 5. The van der Waals surface area contributed by atoms with Crippen LogP contribution in [-0.2, 0) is 6.54 Å². The fraction of sp³-hybridized carbons (Fsp3) is 0.421. The second kappa shape index (κ2) is 12.5. The van der Waals surface area contributed by atoms with Crippen LogP contribution in [0.2, 0.25) is 0 Å². The topological polar surface area (TPSA) is 126 Å². The van der Waals surface area contributed by atoms with E-state index in [1.807, 2.05) is 27.0 Å². The van der Waals surface area contributed by atoms with Crippen molar-refractivity contribution in [2.24, 2.45) is 20.8 Å². The molecule has 28 heavy (non-hydrogen) atoms. The third-order valence-corrected chi connectivity index (χ3v) is 4.01. The van der Waals surface area contributed by atoms with Crippen LogP contribution in [-0.4, -0.2) is 60.6 Å². The molecular formula is C19H32N8O. The molecule has 0 fully saturated rings. The summed E-state index contributed by atoms with van der Waals surface area (Å²) in [7, 11) is 1.80. The van der Waals surface area contributed by atoms with Gasteiger partial charge in [-0.15, -0.1) is 0 Å². The third kappa shape index (κ3) is 7.37. The van der Waals surface area contributed by atoms with Gasteiger partial charge in [0, 0.05) is 38.9 Å². The summed E-state index contributed by atoms with van der Waals surface area (Å²) in [5, 5.41) is 20.8. The van der Waals surface area contributed by atoms with Gasteiger partial charge in [0.05, 0.1) is 31.6 Å². The SMILES string of the molecule is C=NN(/C=C(C)/C(=C/N=C(N)CNCc1c[nH]c(N=CC)c1C)NC)CCO. The number of amidine groups is 1. The third-order valence-electron chi connectivity index (χ3n) is 4.01. The van der Waals surface area contributed by atoms with Crippen molar-refractivity contribution in [1.82, 2.24) is 20.6 Å². The van der Waals surface area contributed by atoms with Gasteiger partial charge in [0.2, 0.25) is 0 Å². The Labute approximate surface area is 166 Å². The van der Waals surface area contributed by atoms with Gasteiger partial charge in [-0.25, -0.2) is 9.98 Å². The van der Waals surface area contributed by atoms with E-state index in [1.165, 1.54) is 0 Å². The molecule has 0 saturated carbocycles. The van der Waals surface area contributed by atoms with Gasteiger partial charge < -0.3 is 26.5 Å². The zero-order chi connectivity index (χ0) is 20.9. The van der Waals surface area contributed by atoms with Crippen LogP contribution in [0.4, 0.5) is 5.82 Å². The molecule has 9 heteroatoms. The summed E-state index contributed by atoms with van der Waals surface area (Å²) in [6.45, 7) is 10.8. The van der Waals surface area contributed by atoms with E-state index in [2.05, 4.69) is 37.4 Å². The van der Waals surface area contributed by atoms with Crippen molar-refractivity contribution in [2.75, 3.05) is 26.7 Å². The number of aliphatic hydroxyl groups excluding tert-OH is 1. The maximum Gasteiger partial charge on any atom is 0.132 e. The van der Waals surface area contributed by atoms with Gasteiger partial charge in [0.1, 0.15) is 11.7 Å². The lowest BCUT2D eigenvalue weighted by atomic mass is 10.2. The van der Waals surface area contributed by atoms with Crippen molar-refractivity contribution < 1.29 is 5.11 Å². The molecule has 0 saturated heterocycles. The van der Waals surface area contributed by atoms with Gasteiger partial charge in [-0.3, -0.25) is 5.01 Å². The van der Waals surface area contributed by atoms with E-state index in [1.54, 1.807) is 30.7 Å². The van der Waals surface area contributed by atoms with E-state index in [0.29, 0.717) is 25.5 Å². The largest absolute Gasteiger partial charge is 0.394 e. The molecule has 0 bridgehead atoms. The molecule has 1 rings (SSSR count). The highest BCUT2D eigenvalue weighted by molar-refractivity contribution is 5.83. The molecule has 0 aliphatic heterocycles.